The topological polar surface area (TPSA) is 44.0 Å². The van der Waals surface area contributed by atoms with Gasteiger partial charge >= 0.3 is 0 Å². The van der Waals surface area contributed by atoms with E-state index in [4.69, 9.17) is 12.2 Å². The molecule has 2 N–H and O–H groups in total. The van der Waals surface area contributed by atoms with Gasteiger partial charge in [-0.05, 0) is 42.8 Å². The van der Waals surface area contributed by atoms with Gasteiger partial charge in [-0.25, -0.2) is 4.98 Å². The van der Waals surface area contributed by atoms with E-state index in [9.17, 15) is 0 Å². The molecule has 0 aliphatic carbocycles. The van der Waals surface area contributed by atoms with Crippen LogP contribution in [0, 0.1) is 0 Å². The van der Waals surface area contributed by atoms with Gasteiger partial charge in [-0.1, -0.05) is 28.1 Å². The van der Waals surface area contributed by atoms with Crippen LogP contribution in [0.1, 0.15) is 30.0 Å². The highest BCUT2D eigenvalue weighted by molar-refractivity contribution is 9.10. The summed E-state index contributed by atoms with van der Waals surface area (Å²) >= 11 is 9.02. The van der Waals surface area contributed by atoms with Crippen molar-refractivity contribution >= 4 is 33.3 Å². The number of H-pyrrole nitrogens is 1. The van der Waals surface area contributed by atoms with Crippen molar-refractivity contribution in [2.75, 3.05) is 13.1 Å². The maximum absolute atomic E-state index is 5.53. The van der Waals surface area contributed by atoms with E-state index in [1.807, 2.05) is 18.3 Å². The zero-order valence-corrected chi connectivity index (χ0v) is 14.7. The Bertz CT molecular complexity index is 621. The van der Waals surface area contributed by atoms with Gasteiger partial charge in [0.05, 0.1) is 6.33 Å². The van der Waals surface area contributed by atoms with E-state index in [0.717, 1.165) is 42.1 Å². The van der Waals surface area contributed by atoms with Crippen molar-refractivity contribution in [3.8, 4) is 0 Å². The lowest BCUT2D eigenvalue weighted by molar-refractivity contribution is 0.307. The number of likely N-dealkylation sites (tertiary alicyclic amines) is 1. The fourth-order valence-electron chi connectivity index (χ4n) is 2.82. The van der Waals surface area contributed by atoms with Crippen molar-refractivity contribution in [1.29, 1.82) is 0 Å². The fourth-order valence-corrected chi connectivity index (χ4v) is 3.52. The van der Waals surface area contributed by atoms with Crippen LogP contribution in [-0.2, 0) is 6.54 Å². The Labute approximate surface area is 144 Å². The minimum Gasteiger partial charge on any atom is -0.358 e. The molecule has 3 rings (SSSR count). The molecule has 4 nitrogen and oxygen atoms in total. The van der Waals surface area contributed by atoms with Gasteiger partial charge in [0.1, 0.15) is 0 Å². The molecule has 1 aliphatic heterocycles. The third kappa shape index (κ3) is 3.87. The fraction of sp³-hybridized carbons (Fsp3) is 0.375. The van der Waals surface area contributed by atoms with E-state index in [1.54, 1.807) is 6.33 Å². The first-order valence-electron chi connectivity index (χ1n) is 7.48. The van der Waals surface area contributed by atoms with Gasteiger partial charge in [-0.15, -0.1) is 0 Å². The third-order valence-corrected chi connectivity index (χ3v) is 4.97. The highest BCUT2D eigenvalue weighted by Crippen LogP contribution is 2.26. The minimum atomic E-state index is 0.576. The highest BCUT2D eigenvalue weighted by Gasteiger charge is 2.22. The van der Waals surface area contributed by atoms with E-state index < -0.39 is 0 Å². The second-order valence-corrected chi connectivity index (χ2v) is 6.86. The predicted octanol–water partition coefficient (Wildman–Crippen LogP) is 3.43. The normalized spacial score (nSPS) is 15.8. The summed E-state index contributed by atoms with van der Waals surface area (Å²) in [5.41, 5.74) is 2.47. The molecule has 0 amide bonds. The number of aromatic amines is 1. The van der Waals surface area contributed by atoms with Crippen LogP contribution in [0.15, 0.2) is 41.3 Å². The molecular formula is C16H19BrN4S. The number of nitrogens with one attached hydrogen (secondary N) is 2. The predicted molar refractivity (Wildman–Crippen MR) is 95.7 cm³/mol. The Balaban J connectivity index is 1.48. The maximum atomic E-state index is 5.53. The number of hydrogen-bond acceptors (Lipinski definition) is 2. The third-order valence-electron chi connectivity index (χ3n) is 4.07. The van der Waals surface area contributed by atoms with Gasteiger partial charge in [0.2, 0.25) is 0 Å². The first-order chi connectivity index (χ1) is 10.7. The lowest BCUT2D eigenvalue weighted by Crippen LogP contribution is -2.43. The first kappa shape index (κ1) is 15.5. The van der Waals surface area contributed by atoms with Crippen LogP contribution in [0.2, 0.25) is 0 Å². The van der Waals surface area contributed by atoms with Gasteiger partial charge in [0, 0.05) is 41.9 Å². The second kappa shape index (κ2) is 7.24. The Hall–Kier alpha value is -1.40. The van der Waals surface area contributed by atoms with Crippen LogP contribution in [-0.4, -0.2) is 33.1 Å². The number of benzene rings is 1. The summed E-state index contributed by atoms with van der Waals surface area (Å²) in [5.74, 6) is 0.576. The van der Waals surface area contributed by atoms with E-state index >= 15 is 0 Å². The minimum absolute atomic E-state index is 0.576. The number of hydrogen-bond donors (Lipinski definition) is 2. The van der Waals surface area contributed by atoms with E-state index in [0.29, 0.717) is 5.92 Å². The van der Waals surface area contributed by atoms with Crippen molar-refractivity contribution in [3.63, 3.8) is 0 Å². The van der Waals surface area contributed by atoms with Crippen molar-refractivity contribution in [2.45, 2.75) is 25.3 Å². The molecule has 2 heterocycles. The standard InChI is InChI=1S/C16H19BrN4S/c17-14-3-1-2-12(8-14)9-19-16(22)21-6-4-13(5-7-21)15-10-18-11-20-15/h1-3,8,10-11,13H,4-7,9H2,(H,18,20)(H,19,22). The first-order valence-corrected chi connectivity index (χ1v) is 8.68. The Morgan fingerprint density at radius 3 is 2.91 bits per heavy atom. The Morgan fingerprint density at radius 1 is 1.41 bits per heavy atom. The molecule has 0 unspecified atom stereocenters. The number of aromatic nitrogens is 2. The summed E-state index contributed by atoms with van der Waals surface area (Å²) in [7, 11) is 0. The van der Waals surface area contributed by atoms with Crippen LogP contribution in [0.25, 0.3) is 0 Å². The van der Waals surface area contributed by atoms with Gasteiger partial charge in [-0.3, -0.25) is 0 Å². The lowest BCUT2D eigenvalue weighted by atomic mass is 9.94. The molecule has 116 valence electrons. The summed E-state index contributed by atoms with van der Waals surface area (Å²) in [4.78, 5) is 9.59. The summed E-state index contributed by atoms with van der Waals surface area (Å²) in [6, 6.07) is 8.28. The SMILES string of the molecule is S=C(NCc1cccc(Br)c1)N1CCC(c2cnc[nH]2)CC1. The van der Waals surface area contributed by atoms with Crippen LogP contribution in [0.3, 0.4) is 0 Å². The molecule has 1 aromatic heterocycles. The quantitative estimate of drug-likeness (QED) is 0.803. The summed E-state index contributed by atoms with van der Waals surface area (Å²) in [6.07, 6.45) is 5.91. The van der Waals surface area contributed by atoms with E-state index in [2.05, 4.69) is 48.2 Å². The van der Waals surface area contributed by atoms with Crippen molar-refractivity contribution in [1.82, 2.24) is 20.2 Å². The Morgan fingerprint density at radius 2 is 2.23 bits per heavy atom. The largest absolute Gasteiger partial charge is 0.358 e. The van der Waals surface area contributed by atoms with Crippen molar-refractivity contribution < 1.29 is 0 Å². The molecule has 0 saturated carbocycles. The highest BCUT2D eigenvalue weighted by atomic mass is 79.9. The summed E-state index contributed by atoms with van der Waals surface area (Å²) in [6.45, 7) is 2.75. The number of rotatable bonds is 3. The smallest absolute Gasteiger partial charge is 0.169 e. The molecular weight excluding hydrogens is 360 g/mol. The number of halogens is 1. The molecule has 0 atom stereocenters. The number of imidazole rings is 1. The molecule has 22 heavy (non-hydrogen) atoms. The zero-order valence-electron chi connectivity index (χ0n) is 12.3. The molecule has 1 aromatic carbocycles. The lowest BCUT2D eigenvalue weighted by Gasteiger charge is -2.33. The molecule has 1 aliphatic rings. The second-order valence-electron chi connectivity index (χ2n) is 5.56. The van der Waals surface area contributed by atoms with E-state index in [1.165, 1.54) is 11.3 Å². The van der Waals surface area contributed by atoms with Gasteiger partial charge in [-0.2, -0.15) is 0 Å². The number of thiocarbonyl (C=S) groups is 1. The zero-order chi connectivity index (χ0) is 15.4. The van der Waals surface area contributed by atoms with Crippen LogP contribution in [0.4, 0.5) is 0 Å². The molecule has 0 spiro atoms. The molecule has 6 heteroatoms. The molecule has 1 fully saturated rings. The van der Waals surface area contributed by atoms with Crippen molar-refractivity contribution in [2.24, 2.45) is 0 Å². The molecule has 2 aromatic rings. The van der Waals surface area contributed by atoms with E-state index in [-0.39, 0.29) is 0 Å². The number of piperidine rings is 1. The van der Waals surface area contributed by atoms with Gasteiger partial charge in [0.15, 0.2) is 5.11 Å². The summed E-state index contributed by atoms with van der Waals surface area (Å²) < 4.78 is 1.10. The Kier molecular flexibility index (Phi) is 5.10. The molecule has 0 radical (unpaired) electrons. The summed E-state index contributed by atoms with van der Waals surface area (Å²) in [5, 5.41) is 4.21. The van der Waals surface area contributed by atoms with Crippen molar-refractivity contribution in [3.05, 3.63) is 52.5 Å². The average molecular weight is 379 g/mol. The van der Waals surface area contributed by atoms with Crippen LogP contribution >= 0.6 is 28.1 Å². The van der Waals surface area contributed by atoms with Crippen LogP contribution < -0.4 is 5.32 Å². The maximum Gasteiger partial charge on any atom is 0.169 e. The van der Waals surface area contributed by atoms with Crippen LogP contribution in [0.5, 0.6) is 0 Å². The monoisotopic (exact) mass is 378 g/mol. The molecule has 0 bridgehead atoms. The molecule has 1 saturated heterocycles. The van der Waals surface area contributed by atoms with Gasteiger partial charge < -0.3 is 15.2 Å². The average Bonchev–Trinajstić information content (AvgIpc) is 3.07. The van der Waals surface area contributed by atoms with Gasteiger partial charge in [0.25, 0.3) is 0 Å². The number of nitrogens with zero attached hydrogens (tertiary/aromatic N) is 2.